The van der Waals surface area contributed by atoms with Crippen LogP contribution in [-0.4, -0.2) is 30.4 Å². The van der Waals surface area contributed by atoms with Crippen molar-refractivity contribution in [2.45, 2.75) is 38.6 Å². The van der Waals surface area contributed by atoms with Crippen LogP contribution in [0.2, 0.25) is 0 Å². The summed E-state index contributed by atoms with van der Waals surface area (Å²) in [7, 11) is 0. The van der Waals surface area contributed by atoms with Gasteiger partial charge in [-0.25, -0.2) is 0 Å². The molecule has 0 bridgehead atoms. The summed E-state index contributed by atoms with van der Waals surface area (Å²) < 4.78 is 1.08. The first-order valence-corrected chi connectivity index (χ1v) is 8.26. The van der Waals surface area contributed by atoms with Gasteiger partial charge in [0.15, 0.2) is 0 Å². The number of hydrogen-bond acceptors (Lipinski definition) is 2. The van der Waals surface area contributed by atoms with Crippen LogP contribution >= 0.6 is 15.9 Å². The lowest BCUT2D eigenvalue weighted by molar-refractivity contribution is -0.131. The molecule has 1 aromatic rings. The van der Waals surface area contributed by atoms with E-state index in [2.05, 4.69) is 40.3 Å². The molecule has 0 aromatic heterocycles. The van der Waals surface area contributed by atoms with E-state index in [0.717, 1.165) is 36.8 Å². The maximum atomic E-state index is 12.2. The van der Waals surface area contributed by atoms with Gasteiger partial charge >= 0.3 is 0 Å². The molecule has 20 heavy (non-hydrogen) atoms. The highest BCUT2D eigenvalue weighted by molar-refractivity contribution is 9.10. The number of nitrogens with one attached hydrogen (secondary N) is 1. The van der Waals surface area contributed by atoms with Crippen LogP contribution in [-0.2, 0) is 4.79 Å². The SMILES string of the molecule is CCC(NCC(=O)N1CCCCC1)c1ccc(Br)cc1. The Kier molecular flexibility index (Phi) is 6.05. The molecule has 1 aromatic carbocycles. The number of halogens is 1. The first-order valence-electron chi connectivity index (χ1n) is 7.47. The monoisotopic (exact) mass is 338 g/mol. The van der Waals surface area contributed by atoms with E-state index >= 15 is 0 Å². The molecule has 1 heterocycles. The van der Waals surface area contributed by atoms with Crippen molar-refractivity contribution in [1.29, 1.82) is 0 Å². The molecule has 1 saturated heterocycles. The molecule has 1 atom stereocenters. The molecule has 1 amide bonds. The van der Waals surface area contributed by atoms with E-state index < -0.39 is 0 Å². The number of hydrogen-bond donors (Lipinski definition) is 1. The Morgan fingerprint density at radius 3 is 2.50 bits per heavy atom. The summed E-state index contributed by atoms with van der Waals surface area (Å²) in [6, 6.07) is 8.56. The molecular formula is C16H23BrN2O. The molecular weight excluding hydrogens is 316 g/mol. The molecule has 1 unspecified atom stereocenters. The highest BCUT2D eigenvalue weighted by Crippen LogP contribution is 2.19. The smallest absolute Gasteiger partial charge is 0.236 e. The van der Waals surface area contributed by atoms with Crippen molar-refractivity contribution in [2.24, 2.45) is 0 Å². The van der Waals surface area contributed by atoms with Gasteiger partial charge in [-0.2, -0.15) is 0 Å². The van der Waals surface area contributed by atoms with Gasteiger partial charge in [0.05, 0.1) is 6.54 Å². The molecule has 0 spiro atoms. The van der Waals surface area contributed by atoms with Gasteiger partial charge in [0.2, 0.25) is 5.91 Å². The zero-order chi connectivity index (χ0) is 14.4. The summed E-state index contributed by atoms with van der Waals surface area (Å²) in [5.41, 5.74) is 1.24. The van der Waals surface area contributed by atoms with Crippen molar-refractivity contribution >= 4 is 21.8 Å². The van der Waals surface area contributed by atoms with Crippen LogP contribution in [0.4, 0.5) is 0 Å². The third-order valence-corrected chi connectivity index (χ3v) is 4.42. The highest BCUT2D eigenvalue weighted by Gasteiger charge is 2.17. The average Bonchev–Trinajstić information content (AvgIpc) is 2.50. The number of nitrogens with zero attached hydrogens (tertiary/aromatic N) is 1. The fourth-order valence-corrected chi connectivity index (χ4v) is 2.92. The van der Waals surface area contributed by atoms with Crippen molar-refractivity contribution in [1.82, 2.24) is 10.2 Å². The van der Waals surface area contributed by atoms with Crippen LogP contribution in [0.3, 0.4) is 0 Å². The number of rotatable bonds is 5. The van der Waals surface area contributed by atoms with Gasteiger partial charge < -0.3 is 10.2 Å². The maximum Gasteiger partial charge on any atom is 0.236 e. The Hall–Kier alpha value is -0.870. The standard InChI is InChI=1S/C16H23BrN2O/c1-2-15(13-6-8-14(17)9-7-13)18-12-16(20)19-10-4-3-5-11-19/h6-9,15,18H,2-5,10-12H2,1H3. The third kappa shape index (κ3) is 4.32. The lowest BCUT2D eigenvalue weighted by Gasteiger charge is -2.28. The van der Waals surface area contributed by atoms with Gasteiger partial charge in [-0.1, -0.05) is 35.0 Å². The zero-order valence-corrected chi connectivity index (χ0v) is 13.7. The van der Waals surface area contributed by atoms with E-state index in [0.29, 0.717) is 6.54 Å². The first kappa shape index (κ1) is 15.5. The number of benzene rings is 1. The number of piperidine rings is 1. The van der Waals surface area contributed by atoms with Crippen molar-refractivity contribution in [2.75, 3.05) is 19.6 Å². The minimum Gasteiger partial charge on any atom is -0.342 e. The second kappa shape index (κ2) is 7.79. The molecule has 4 heteroatoms. The van der Waals surface area contributed by atoms with Crippen molar-refractivity contribution < 1.29 is 4.79 Å². The molecule has 1 N–H and O–H groups in total. The predicted octanol–water partition coefficient (Wildman–Crippen LogP) is 3.50. The number of carbonyl (C=O) groups is 1. The molecule has 1 aliphatic rings. The zero-order valence-electron chi connectivity index (χ0n) is 12.1. The minimum absolute atomic E-state index is 0.236. The Morgan fingerprint density at radius 1 is 1.25 bits per heavy atom. The van der Waals surface area contributed by atoms with E-state index in [1.807, 2.05) is 17.0 Å². The normalized spacial score (nSPS) is 17.0. The largest absolute Gasteiger partial charge is 0.342 e. The van der Waals surface area contributed by atoms with Crippen molar-refractivity contribution in [3.63, 3.8) is 0 Å². The van der Waals surface area contributed by atoms with Crippen LogP contribution in [0.5, 0.6) is 0 Å². The van der Waals surface area contributed by atoms with E-state index in [4.69, 9.17) is 0 Å². The average molecular weight is 339 g/mol. The minimum atomic E-state index is 0.236. The van der Waals surface area contributed by atoms with E-state index in [-0.39, 0.29) is 11.9 Å². The molecule has 2 rings (SSSR count). The fraction of sp³-hybridized carbons (Fsp3) is 0.562. The fourth-order valence-electron chi connectivity index (χ4n) is 2.66. The Morgan fingerprint density at radius 2 is 1.90 bits per heavy atom. The van der Waals surface area contributed by atoms with Crippen LogP contribution in [0.15, 0.2) is 28.7 Å². The lowest BCUT2D eigenvalue weighted by atomic mass is 10.0. The topological polar surface area (TPSA) is 32.3 Å². The summed E-state index contributed by atoms with van der Waals surface area (Å²) in [6.45, 7) is 4.44. The van der Waals surface area contributed by atoms with Gasteiger partial charge in [0, 0.05) is 23.6 Å². The Labute approximate surface area is 129 Å². The number of likely N-dealkylation sites (tertiary alicyclic amines) is 1. The van der Waals surface area contributed by atoms with E-state index in [9.17, 15) is 4.79 Å². The van der Waals surface area contributed by atoms with Gasteiger partial charge in [-0.15, -0.1) is 0 Å². The number of carbonyl (C=O) groups excluding carboxylic acids is 1. The van der Waals surface area contributed by atoms with Gasteiger partial charge in [0.25, 0.3) is 0 Å². The quantitative estimate of drug-likeness (QED) is 0.890. The Balaban J connectivity index is 1.86. The number of amides is 1. The highest BCUT2D eigenvalue weighted by atomic mass is 79.9. The molecule has 0 saturated carbocycles. The third-order valence-electron chi connectivity index (χ3n) is 3.89. The molecule has 0 aliphatic carbocycles. The van der Waals surface area contributed by atoms with Gasteiger partial charge in [0.1, 0.15) is 0 Å². The summed E-state index contributed by atoms with van der Waals surface area (Å²) in [5.74, 6) is 0.236. The molecule has 3 nitrogen and oxygen atoms in total. The van der Waals surface area contributed by atoms with Gasteiger partial charge in [-0.3, -0.25) is 4.79 Å². The predicted molar refractivity (Wildman–Crippen MR) is 85.6 cm³/mol. The van der Waals surface area contributed by atoms with Crippen LogP contribution in [0.1, 0.15) is 44.2 Å². The van der Waals surface area contributed by atoms with E-state index in [1.165, 1.54) is 12.0 Å². The van der Waals surface area contributed by atoms with Crippen molar-refractivity contribution in [3.8, 4) is 0 Å². The molecule has 0 radical (unpaired) electrons. The molecule has 110 valence electrons. The first-order chi connectivity index (χ1) is 9.70. The van der Waals surface area contributed by atoms with Crippen LogP contribution in [0.25, 0.3) is 0 Å². The van der Waals surface area contributed by atoms with Crippen molar-refractivity contribution in [3.05, 3.63) is 34.3 Å². The molecule has 1 fully saturated rings. The summed E-state index contributed by atoms with van der Waals surface area (Å²) in [4.78, 5) is 14.2. The lowest BCUT2D eigenvalue weighted by Crippen LogP contribution is -2.41. The summed E-state index contributed by atoms with van der Waals surface area (Å²) in [6.07, 6.45) is 4.54. The summed E-state index contributed by atoms with van der Waals surface area (Å²) >= 11 is 3.45. The van der Waals surface area contributed by atoms with Gasteiger partial charge in [-0.05, 0) is 43.4 Å². The Bertz CT molecular complexity index is 427. The molecule has 1 aliphatic heterocycles. The van der Waals surface area contributed by atoms with Crippen LogP contribution in [0, 0.1) is 0 Å². The van der Waals surface area contributed by atoms with Crippen LogP contribution < -0.4 is 5.32 Å². The second-order valence-corrected chi connectivity index (χ2v) is 6.25. The van der Waals surface area contributed by atoms with E-state index in [1.54, 1.807) is 0 Å². The second-order valence-electron chi connectivity index (χ2n) is 5.33. The summed E-state index contributed by atoms with van der Waals surface area (Å²) in [5, 5.41) is 3.40. The maximum absolute atomic E-state index is 12.2.